The van der Waals surface area contributed by atoms with Gasteiger partial charge in [-0.1, -0.05) is 25.5 Å². The summed E-state index contributed by atoms with van der Waals surface area (Å²) in [4.78, 5) is 42.2. The first-order valence-electron chi connectivity index (χ1n) is 12.3. The first kappa shape index (κ1) is 24.3. The number of imide groups is 1. The molecule has 0 aromatic heterocycles. The van der Waals surface area contributed by atoms with Gasteiger partial charge >= 0.3 is 6.03 Å². The molecule has 8 nitrogen and oxygen atoms in total. The molecule has 3 saturated heterocycles. The van der Waals surface area contributed by atoms with Gasteiger partial charge in [-0.2, -0.15) is 0 Å². The van der Waals surface area contributed by atoms with Crippen LogP contribution in [0.25, 0.3) is 6.08 Å². The van der Waals surface area contributed by atoms with Crippen molar-refractivity contribution in [2.24, 2.45) is 5.92 Å². The molecule has 0 saturated carbocycles. The zero-order valence-corrected chi connectivity index (χ0v) is 20.1. The van der Waals surface area contributed by atoms with E-state index in [4.69, 9.17) is 9.47 Å². The number of rotatable bonds is 8. The Morgan fingerprint density at radius 2 is 1.94 bits per heavy atom. The lowest BCUT2D eigenvalue weighted by Gasteiger charge is -2.40. The lowest BCUT2D eigenvalue weighted by Crippen LogP contribution is -2.56. The largest absolute Gasteiger partial charge is 0.497 e. The van der Waals surface area contributed by atoms with E-state index in [9.17, 15) is 14.4 Å². The Balaban J connectivity index is 1.37. The number of methoxy groups -OCH3 is 1. The van der Waals surface area contributed by atoms with Crippen molar-refractivity contribution in [3.05, 3.63) is 35.9 Å². The second kappa shape index (κ2) is 10.6. The third kappa shape index (κ3) is 4.97. The lowest BCUT2D eigenvalue weighted by atomic mass is 9.74. The number of likely N-dealkylation sites (tertiary alicyclic amines) is 1. The van der Waals surface area contributed by atoms with Gasteiger partial charge in [0.2, 0.25) is 5.91 Å². The van der Waals surface area contributed by atoms with Gasteiger partial charge in [0.15, 0.2) is 0 Å². The van der Waals surface area contributed by atoms with Gasteiger partial charge in [0.1, 0.15) is 11.3 Å². The number of piperidine rings is 1. The first-order valence-corrected chi connectivity index (χ1v) is 12.3. The van der Waals surface area contributed by atoms with Crippen molar-refractivity contribution in [1.82, 2.24) is 15.1 Å². The molecule has 1 N–H and O–H groups in total. The molecule has 8 heteroatoms. The molecule has 2 atom stereocenters. The monoisotopic (exact) mass is 469 g/mol. The fourth-order valence-electron chi connectivity index (χ4n) is 5.43. The molecule has 3 heterocycles. The Bertz CT molecular complexity index is 917. The molecule has 184 valence electrons. The molecule has 4 rings (SSSR count). The van der Waals surface area contributed by atoms with Gasteiger partial charge in [0.05, 0.1) is 19.8 Å². The zero-order valence-electron chi connectivity index (χ0n) is 20.1. The van der Waals surface area contributed by atoms with Crippen molar-refractivity contribution in [2.75, 3.05) is 33.4 Å². The second-order valence-corrected chi connectivity index (χ2v) is 9.41. The van der Waals surface area contributed by atoms with Gasteiger partial charge in [-0.15, -0.1) is 0 Å². The summed E-state index contributed by atoms with van der Waals surface area (Å²) < 4.78 is 10.8. The van der Waals surface area contributed by atoms with Crippen LogP contribution in [-0.2, 0) is 14.3 Å². The van der Waals surface area contributed by atoms with E-state index in [0.29, 0.717) is 45.5 Å². The van der Waals surface area contributed by atoms with Crippen LogP contribution in [0.3, 0.4) is 0 Å². The van der Waals surface area contributed by atoms with E-state index in [0.717, 1.165) is 30.6 Å². The highest BCUT2D eigenvalue weighted by molar-refractivity contribution is 6.07. The number of hydrogen-bond donors (Lipinski definition) is 1. The van der Waals surface area contributed by atoms with Crippen molar-refractivity contribution in [1.29, 1.82) is 0 Å². The molecular formula is C26H35N3O5. The normalized spacial score (nSPS) is 25.9. The molecule has 34 heavy (non-hydrogen) atoms. The van der Waals surface area contributed by atoms with Gasteiger partial charge < -0.3 is 19.7 Å². The van der Waals surface area contributed by atoms with Crippen LogP contribution in [0.2, 0.25) is 0 Å². The van der Waals surface area contributed by atoms with Crippen LogP contribution in [0.15, 0.2) is 30.3 Å². The molecule has 0 bridgehead atoms. The average Bonchev–Trinajstić information content (AvgIpc) is 3.46. The third-order valence-corrected chi connectivity index (χ3v) is 7.29. The molecule has 3 aliphatic rings. The summed E-state index contributed by atoms with van der Waals surface area (Å²) in [5.74, 6) is 0.613. The molecule has 3 fully saturated rings. The summed E-state index contributed by atoms with van der Waals surface area (Å²) in [5, 5.41) is 3.07. The summed E-state index contributed by atoms with van der Waals surface area (Å²) in [7, 11) is 1.62. The molecule has 4 amide bonds. The maximum atomic E-state index is 13.5. The van der Waals surface area contributed by atoms with Crippen molar-refractivity contribution in [3.63, 3.8) is 0 Å². The van der Waals surface area contributed by atoms with Gasteiger partial charge in [-0.05, 0) is 61.8 Å². The Morgan fingerprint density at radius 1 is 1.21 bits per heavy atom. The quantitative estimate of drug-likeness (QED) is 0.467. The van der Waals surface area contributed by atoms with E-state index < -0.39 is 5.54 Å². The molecule has 0 spiro atoms. The van der Waals surface area contributed by atoms with Crippen molar-refractivity contribution >= 4 is 23.9 Å². The predicted octanol–water partition coefficient (Wildman–Crippen LogP) is 3.22. The highest BCUT2D eigenvalue weighted by Crippen LogP contribution is 2.37. The molecule has 0 radical (unpaired) electrons. The first-order chi connectivity index (χ1) is 16.5. The van der Waals surface area contributed by atoms with Gasteiger partial charge in [-0.25, -0.2) is 4.79 Å². The van der Waals surface area contributed by atoms with E-state index in [-0.39, 0.29) is 29.9 Å². The number of carbonyl (C=O) groups is 3. The number of urea groups is 1. The summed E-state index contributed by atoms with van der Waals surface area (Å²) in [6.45, 7) is 4.18. The Kier molecular flexibility index (Phi) is 7.56. The second-order valence-electron chi connectivity index (χ2n) is 9.41. The number of nitrogens with one attached hydrogen (secondary N) is 1. The average molecular weight is 470 g/mol. The van der Waals surface area contributed by atoms with Crippen molar-refractivity contribution < 1.29 is 23.9 Å². The molecule has 0 aliphatic carbocycles. The van der Waals surface area contributed by atoms with Crippen LogP contribution in [0.1, 0.15) is 51.0 Å². The van der Waals surface area contributed by atoms with Crippen LogP contribution < -0.4 is 10.1 Å². The number of amides is 4. The Hall–Kier alpha value is -2.87. The molecule has 3 aliphatic heterocycles. The smallest absolute Gasteiger partial charge is 0.325 e. The maximum absolute atomic E-state index is 13.5. The van der Waals surface area contributed by atoms with Crippen LogP contribution >= 0.6 is 0 Å². The molecule has 2 unspecified atom stereocenters. The van der Waals surface area contributed by atoms with E-state index in [1.807, 2.05) is 36.1 Å². The fourth-order valence-corrected chi connectivity index (χ4v) is 5.43. The van der Waals surface area contributed by atoms with Gasteiger partial charge in [0, 0.05) is 25.8 Å². The number of benzene rings is 1. The molecule has 1 aromatic rings. The van der Waals surface area contributed by atoms with E-state index in [1.54, 1.807) is 19.3 Å². The Labute approximate surface area is 201 Å². The SMILES string of the molecule is CCCC1(C2CCN(C(=O)C=Cc3ccc(OC)cc3)CC2)NC(=O)N(CC2CCCO2)C1=O. The fraction of sp³-hybridized carbons (Fsp3) is 0.577. The summed E-state index contributed by atoms with van der Waals surface area (Å²) in [6, 6.07) is 7.21. The Morgan fingerprint density at radius 3 is 2.56 bits per heavy atom. The number of carbonyl (C=O) groups excluding carboxylic acids is 3. The van der Waals surface area contributed by atoms with E-state index >= 15 is 0 Å². The predicted molar refractivity (Wildman–Crippen MR) is 128 cm³/mol. The minimum absolute atomic E-state index is 0.00742. The number of nitrogens with zero attached hydrogens (tertiary/aromatic N) is 2. The van der Waals surface area contributed by atoms with Crippen molar-refractivity contribution in [3.8, 4) is 5.75 Å². The zero-order chi connectivity index (χ0) is 24.1. The highest BCUT2D eigenvalue weighted by Gasteiger charge is 2.55. The van der Waals surface area contributed by atoms with Crippen LogP contribution in [0.5, 0.6) is 5.75 Å². The lowest BCUT2D eigenvalue weighted by molar-refractivity contribution is -0.136. The minimum Gasteiger partial charge on any atom is -0.497 e. The van der Waals surface area contributed by atoms with Gasteiger partial charge in [0.25, 0.3) is 5.91 Å². The summed E-state index contributed by atoms with van der Waals surface area (Å²) >= 11 is 0. The minimum atomic E-state index is -0.876. The topological polar surface area (TPSA) is 88.2 Å². The molecule has 1 aromatic carbocycles. The molecular weight excluding hydrogens is 434 g/mol. The summed E-state index contributed by atoms with van der Waals surface area (Å²) in [6.07, 6.45) is 7.94. The summed E-state index contributed by atoms with van der Waals surface area (Å²) in [5.41, 5.74) is 0.0509. The third-order valence-electron chi connectivity index (χ3n) is 7.29. The maximum Gasteiger partial charge on any atom is 0.325 e. The van der Waals surface area contributed by atoms with Crippen LogP contribution in [-0.4, -0.2) is 72.6 Å². The van der Waals surface area contributed by atoms with E-state index in [1.165, 1.54) is 4.90 Å². The number of ether oxygens (including phenoxy) is 2. The van der Waals surface area contributed by atoms with Gasteiger partial charge in [-0.3, -0.25) is 14.5 Å². The van der Waals surface area contributed by atoms with Crippen molar-refractivity contribution in [2.45, 2.75) is 57.1 Å². The number of hydrogen-bond acceptors (Lipinski definition) is 5. The van der Waals surface area contributed by atoms with Crippen LogP contribution in [0.4, 0.5) is 4.79 Å². The van der Waals surface area contributed by atoms with E-state index in [2.05, 4.69) is 5.32 Å². The standard InChI is InChI=1S/C26H35N3O5/c1-3-14-26(24(31)29(25(32)27-26)18-22-5-4-17-34-22)20-12-15-28(16-13-20)23(30)11-8-19-6-9-21(33-2)10-7-19/h6-11,20,22H,3-5,12-18H2,1-2H3,(H,27,32). The highest BCUT2D eigenvalue weighted by atomic mass is 16.5. The van der Waals surface area contributed by atoms with Crippen LogP contribution in [0, 0.1) is 5.92 Å².